The van der Waals surface area contributed by atoms with E-state index in [1.165, 1.54) is 6.92 Å². The van der Waals surface area contributed by atoms with Crippen molar-refractivity contribution < 1.29 is 14.9 Å². The Labute approximate surface area is 104 Å². The second-order valence-electron chi connectivity index (χ2n) is 2.77. The molecule has 1 aromatic carbocycles. The Morgan fingerprint density at radius 2 is 1.79 bits per heavy atom. The summed E-state index contributed by atoms with van der Waals surface area (Å²) in [6, 6.07) is 4.80. The van der Waals surface area contributed by atoms with Gasteiger partial charge in [0.05, 0.1) is 0 Å². The zero-order chi connectivity index (χ0) is 10.6. The summed E-state index contributed by atoms with van der Waals surface area (Å²) in [5.74, 6) is -0.324. The van der Waals surface area contributed by atoms with Crippen LogP contribution in [0.1, 0.15) is 6.92 Å². The molecule has 0 unspecified atom stereocenters. The first-order chi connectivity index (χ1) is 6.69. The van der Waals surface area contributed by atoms with Gasteiger partial charge in [0.15, 0.2) is 0 Å². The molecule has 0 atom stereocenters. The molecule has 0 fully saturated rings. The molecule has 1 aromatic rings. The third-order valence-corrected chi connectivity index (χ3v) is 6.53. The van der Waals surface area contributed by atoms with E-state index in [1.807, 2.05) is 0 Å². The normalized spacial score (nSPS) is 9.36. The zero-order valence-corrected chi connectivity index (χ0v) is 15.8. The third kappa shape index (κ3) is 3.15. The standard InChI is InChI=1S/C8H6O2.2FH.2In.2H/c1-7(9)10-8-5-3-2-4-6-8;;;;;;/h2-4H,1H3;2*1H;;;;/q;;;2*+1;;/p-2. The number of hydrogen-bond donors (Lipinski definition) is 0. The number of carbonyl (C=O) groups excluding carboxylic acids is 1. The Balaban J connectivity index is 3.12. The number of benzene rings is 1. The van der Waals surface area contributed by atoms with Crippen LogP contribution in [-0.4, -0.2) is 53.0 Å². The van der Waals surface area contributed by atoms with Crippen molar-refractivity contribution in [2.24, 2.45) is 0 Å². The van der Waals surface area contributed by atoms with Gasteiger partial charge in [-0.1, -0.05) is 0 Å². The van der Waals surface area contributed by atoms with Gasteiger partial charge < -0.3 is 0 Å². The zero-order valence-electron chi connectivity index (χ0n) is 7.72. The maximum absolute atomic E-state index is 12.7. The summed E-state index contributed by atoms with van der Waals surface area (Å²) in [4.78, 5) is 10.7. The predicted octanol–water partition coefficient (Wildman–Crippen LogP) is -0.495. The molecular formula is C8H8F2In2O2. The van der Waals surface area contributed by atoms with Crippen LogP contribution in [0.3, 0.4) is 0 Å². The summed E-state index contributed by atoms with van der Waals surface area (Å²) in [6.07, 6.45) is 0. The molecule has 0 aromatic heterocycles. The minimum absolute atomic E-state index is 0.191. The average Bonchev–Trinajstić information content (AvgIpc) is 2.17. The molecule has 6 heteroatoms. The van der Waals surface area contributed by atoms with Gasteiger partial charge in [0.2, 0.25) is 0 Å². The van der Waals surface area contributed by atoms with Crippen LogP contribution in [0, 0.1) is 0 Å². The van der Waals surface area contributed by atoms with Crippen molar-refractivity contribution in [2.45, 2.75) is 6.92 Å². The van der Waals surface area contributed by atoms with Crippen LogP contribution >= 0.6 is 0 Å². The Hall–Kier alpha value is 0.290. The van der Waals surface area contributed by atoms with Gasteiger partial charge in [-0.2, -0.15) is 0 Å². The molecule has 0 N–H and O–H groups in total. The average molecular weight is 404 g/mol. The SMILES string of the molecule is CC(=O)Oc1[c]([InH][F])ccc[c]1[InH][F]. The molecule has 0 bridgehead atoms. The van der Waals surface area contributed by atoms with E-state index < -0.39 is 53.0 Å². The Kier molecular flexibility index (Phi) is 5.30. The van der Waals surface area contributed by atoms with E-state index in [9.17, 15) is 10.1 Å². The Morgan fingerprint density at radius 1 is 1.29 bits per heavy atom. The number of para-hydroxylation sites is 1. The van der Waals surface area contributed by atoms with Gasteiger partial charge in [-0.3, -0.25) is 0 Å². The van der Waals surface area contributed by atoms with E-state index in [1.54, 1.807) is 18.2 Å². The maximum atomic E-state index is 12.7. The van der Waals surface area contributed by atoms with Crippen molar-refractivity contribution in [2.75, 3.05) is 0 Å². The van der Waals surface area contributed by atoms with E-state index in [0.717, 1.165) is 0 Å². The summed E-state index contributed by atoms with van der Waals surface area (Å²) < 4.78 is 31.1. The van der Waals surface area contributed by atoms with E-state index in [2.05, 4.69) is 0 Å². The Bertz CT molecular complexity index is 322. The molecule has 0 saturated heterocycles. The first kappa shape index (κ1) is 12.4. The van der Waals surface area contributed by atoms with Gasteiger partial charge in [0.25, 0.3) is 0 Å². The molecule has 0 saturated carbocycles. The van der Waals surface area contributed by atoms with Gasteiger partial charge in [-0.25, -0.2) is 0 Å². The van der Waals surface area contributed by atoms with Crippen molar-refractivity contribution in [3.8, 4) is 5.75 Å². The van der Waals surface area contributed by atoms with Gasteiger partial charge in [0, 0.05) is 0 Å². The van der Waals surface area contributed by atoms with Gasteiger partial charge in [-0.05, 0) is 0 Å². The van der Waals surface area contributed by atoms with Crippen molar-refractivity contribution in [1.82, 2.24) is 0 Å². The summed E-state index contributed by atoms with van der Waals surface area (Å²) in [6.45, 7) is 1.24. The van der Waals surface area contributed by atoms with Gasteiger partial charge in [-0.15, -0.1) is 0 Å². The molecule has 0 amide bonds. The molecule has 0 aliphatic carbocycles. The van der Waals surface area contributed by atoms with Crippen LogP contribution in [0.25, 0.3) is 0 Å². The number of carbonyl (C=O) groups is 1. The fourth-order valence-electron chi connectivity index (χ4n) is 1.12. The molecule has 0 aliphatic heterocycles. The fourth-order valence-corrected chi connectivity index (χ4v) is 6.85. The summed E-state index contributed by atoms with van der Waals surface area (Å²) in [5, 5.41) is 0. The third-order valence-electron chi connectivity index (χ3n) is 1.71. The fraction of sp³-hybridized carbons (Fsp3) is 0.125. The topological polar surface area (TPSA) is 26.3 Å². The molecular weight excluding hydrogens is 396 g/mol. The van der Waals surface area contributed by atoms with E-state index in [0.29, 0.717) is 6.64 Å². The predicted molar refractivity (Wildman–Crippen MR) is 53.5 cm³/mol. The Morgan fingerprint density at radius 3 is 2.14 bits per heavy atom. The molecule has 14 heavy (non-hydrogen) atoms. The number of rotatable bonds is 3. The molecule has 1 rings (SSSR count). The van der Waals surface area contributed by atoms with Crippen LogP contribution < -0.4 is 11.4 Å². The van der Waals surface area contributed by atoms with Gasteiger partial charge in [0.1, 0.15) is 0 Å². The summed E-state index contributed by atoms with van der Waals surface area (Å²) in [7, 11) is 0. The van der Waals surface area contributed by atoms with Crippen LogP contribution in [-0.2, 0) is 4.79 Å². The van der Waals surface area contributed by atoms with E-state index in [-0.39, 0.29) is 5.75 Å². The molecule has 2 nitrogen and oxygen atoms in total. The minimum atomic E-state index is -2.52. The van der Waals surface area contributed by atoms with Crippen molar-refractivity contribution in [3.63, 3.8) is 0 Å². The van der Waals surface area contributed by atoms with Crippen molar-refractivity contribution in [3.05, 3.63) is 18.2 Å². The van der Waals surface area contributed by atoms with Crippen LogP contribution in [0.2, 0.25) is 0 Å². The van der Waals surface area contributed by atoms with Crippen LogP contribution in [0.15, 0.2) is 18.2 Å². The second kappa shape index (κ2) is 6.00. The summed E-state index contributed by atoms with van der Waals surface area (Å²) in [5.41, 5.74) is 0. The van der Waals surface area contributed by atoms with Crippen LogP contribution in [0.4, 0.5) is 5.33 Å². The quantitative estimate of drug-likeness (QED) is 0.503. The van der Waals surface area contributed by atoms with Crippen molar-refractivity contribution >= 4 is 59.6 Å². The summed E-state index contributed by atoms with van der Waals surface area (Å²) >= 11 is -5.05. The molecule has 0 spiro atoms. The number of esters is 1. The first-order valence-corrected chi connectivity index (χ1v) is 11.2. The molecule has 0 heterocycles. The van der Waals surface area contributed by atoms with E-state index in [4.69, 9.17) is 4.74 Å². The number of halogens is 2. The second-order valence-corrected chi connectivity index (χ2v) is 8.64. The first-order valence-electron chi connectivity index (χ1n) is 4.10. The number of ether oxygens (including phenoxy) is 1. The van der Waals surface area contributed by atoms with E-state index >= 15 is 0 Å². The monoisotopic (exact) mass is 404 g/mol. The molecule has 0 aliphatic rings. The van der Waals surface area contributed by atoms with Gasteiger partial charge >= 0.3 is 105 Å². The molecule has 72 valence electrons. The van der Waals surface area contributed by atoms with Crippen LogP contribution in [0.5, 0.6) is 5.75 Å². The number of hydrogen-bond acceptors (Lipinski definition) is 2. The molecule has 0 radical (unpaired) electrons. The van der Waals surface area contributed by atoms with Crippen molar-refractivity contribution in [1.29, 1.82) is 0 Å².